The van der Waals surface area contributed by atoms with Crippen LogP contribution in [0.25, 0.3) is 0 Å². The third-order valence-electron chi connectivity index (χ3n) is 2.56. The molecule has 0 saturated carbocycles. The summed E-state index contributed by atoms with van der Waals surface area (Å²) < 4.78 is 2.11. The van der Waals surface area contributed by atoms with Crippen LogP contribution in [0.5, 0.6) is 0 Å². The van der Waals surface area contributed by atoms with Crippen LogP contribution in [0.1, 0.15) is 32.9 Å². The predicted octanol–water partition coefficient (Wildman–Crippen LogP) is 1.15. The SMILES string of the molecule is CCCn1cncc1CNCC(=O)NCC(C)C. The lowest BCUT2D eigenvalue weighted by Crippen LogP contribution is -2.35. The molecule has 1 amide bonds. The molecule has 0 spiro atoms. The maximum absolute atomic E-state index is 11.5. The fraction of sp³-hybridized carbons (Fsp3) is 0.692. The van der Waals surface area contributed by atoms with Gasteiger partial charge in [0.05, 0.1) is 18.6 Å². The molecule has 0 aliphatic carbocycles. The number of carbonyl (C=O) groups is 1. The van der Waals surface area contributed by atoms with Crippen LogP contribution in [-0.2, 0) is 17.9 Å². The van der Waals surface area contributed by atoms with Gasteiger partial charge in [0, 0.05) is 25.8 Å². The zero-order valence-electron chi connectivity index (χ0n) is 11.6. The van der Waals surface area contributed by atoms with Crippen LogP contribution in [0, 0.1) is 5.92 Å². The van der Waals surface area contributed by atoms with Crippen LogP contribution >= 0.6 is 0 Å². The summed E-state index contributed by atoms with van der Waals surface area (Å²) in [7, 11) is 0. The van der Waals surface area contributed by atoms with Gasteiger partial charge < -0.3 is 15.2 Å². The Kier molecular flexibility index (Phi) is 6.43. The summed E-state index contributed by atoms with van der Waals surface area (Å²) >= 11 is 0. The van der Waals surface area contributed by atoms with E-state index in [0.29, 0.717) is 19.0 Å². The second-order valence-corrected chi connectivity index (χ2v) is 4.88. The highest BCUT2D eigenvalue weighted by atomic mass is 16.1. The third-order valence-corrected chi connectivity index (χ3v) is 2.56. The molecule has 0 saturated heterocycles. The fourth-order valence-electron chi connectivity index (χ4n) is 1.62. The molecule has 102 valence electrons. The molecule has 0 fully saturated rings. The Balaban J connectivity index is 2.24. The first-order valence-electron chi connectivity index (χ1n) is 6.60. The topological polar surface area (TPSA) is 59.0 Å². The first-order chi connectivity index (χ1) is 8.63. The van der Waals surface area contributed by atoms with Crippen molar-refractivity contribution in [1.29, 1.82) is 0 Å². The Bertz CT molecular complexity index is 360. The lowest BCUT2D eigenvalue weighted by Gasteiger charge is -2.09. The molecule has 1 rings (SSSR count). The molecule has 1 heterocycles. The number of amides is 1. The van der Waals surface area contributed by atoms with Crippen molar-refractivity contribution in [3.05, 3.63) is 18.2 Å². The van der Waals surface area contributed by atoms with E-state index in [0.717, 1.165) is 25.2 Å². The highest BCUT2D eigenvalue weighted by Gasteiger charge is 2.04. The van der Waals surface area contributed by atoms with Crippen LogP contribution in [0.4, 0.5) is 0 Å². The molecule has 5 nitrogen and oxygen atoms in total. The van der Waals surface area contributed by atoms with Gasteiger partial charge in [-0.15, -0.1) is 0 Å². The smallest absolute Gasteiger partial charge is 0.233 e. The predicted molar refractivity (Wildman–Crippen MR) is 72.1 cm³/mol. The van der Waals surface area contributed by atoms with E-state index in [2.05, 4.69) is 41.0 Å². The summed E-state index contributed by atoms with van der Waals surface area (Å²) in [4.78, 5) is 15.6. The second-order valence-electron chi connectivity index (χ2n) is 4.88. The van der Waals surface area contributed by atoms with E-state index in [1.807, 2.05) is 12.5 Å². The summed E-state index contributed by atoms with van der Waals surface area (Å²) in [6.07, 6.45) is 4.76. The quantitative estimate of drug-likeness (QED) is 0.730. The maximum Gasteiger partial charge on any atom is 0.233 e. The number of nitrogens with one attached hydrogen (secondary N) is 2. The Morgan fingerprint density at radius 3 is 2.94 bits per heavy atom. The van der Waals surface area contributed by atoms with Crippen molar-refractivity contribution < 1.29 is 4.79 Å². The molecule has 5 heteroatoms. The van der Waals surface area contributed by atoms with Crippen molar-refractivity contribution >= 4 is 5.91 Å². The van der Waals surface area contributed by atoms with E-state index in [1.165, 1.54) is 0 Å². The monoisotopic (exact) mass is 252 g/mol. The van der Waals surface area contributed by atoms with Crippen molar-refractivity contribution in [2.24, 2.45) is 5.92 Å². The van der Waals surface area contributed by atoms with Gasteiger partial charge in [-0.05, 0) is 12.3 Å². The van der Waals surface area contributed by atoms with Gasteiger partial charge in [-0.25, -0.2) is 4.98 Å². The molecular weight excluding hydrogens is 228 g/mol. The van der Waals surface area contributed by atoms with E-state index in [9.17, 15) is 4.79 Å². The van der Waals surface area contributed by atoms with Crippen LogP contribution in [0.2, 0.25) is 0 Å². The molecule has 0 aliphatic rings. The van der Waals surface area contributed by atoms with Gasteiger partial charge in [-0.1, -0.05) is 20.8 Å². The second kappa shape index (κ2) is 7.87. The third kappa shape index (κ3) is 5.31. The molecule has 0 aromatic carbocycles. The number of carbonyl (C=O) groups excluding carboxylic acids is 1. The van der Waals surface area contributed by atoms with Crippen LogP contribution < -0.4 is 10.6 Å². The Hall–Kier alpha value is -1.36. The summed E-state index contributed by atoms with van der Waals surface area (Å²) in [5.41, 5.74) is 1.12. The van der Waals surface area contributed by atoms with Crippen molar-refractivity contribution in [3.63, 3.8) is 0 Å². The highest BCUT2D eigenvalue weighted by Crippen LogP contribution is 1.99. The van der Waals surface area contributed by atoms with Gasteiger partial charge in [-0.2, -0.15) is 0 Å². The first-order valence-corrected chi connectivity index (χ1v) is 6.60. The van der Waals surface area contributed by atoms with Crippen LogP contribution in [0.15, 0.2) is 12.5 Å². The average molecular weight is 252 g/mol. The van der Waals surface area contributed by atoms with Gasteiger partial charge in [-0.3, -0.25) is 4.79 Å². The highest BCUT2D eigenvalue weighted by molar-refractivity contribution is 5.77. The largest absolute Gasteiger partial charge is 0.355 e. The van der Waals surface area contributed by atoms with E-state index in [-0.39, 0.29) is 5.91 Å². The normalized spacial score (nSPS) is 10.9. The lowest BCUT2D eigenvalue weighted by atomic mass is 10.2. The molecule has 0 aliphatic heterocycles. The zero-order valence-corrected chi connectivity index (χ0v) is 11.6. The van der Waals surface area contributed by atoms with E-state index >= 15 is 0 Å². The molecule has 0 unspecified atom stereocenters. The standard InChI is InChI=1S/C13H24N4O/c1-4-5-17-10-15-8-12(17)7-14-9-13(18)16-6-11(2)3/h8,10-11,14H,4-7,9H2,1-3H3,(H,16,18). The van der Waals surface area contributed by atoms with Gasteiger partial charge in [0.15, 0.2) is 0 Å². The number of nitrogens with zero attached hydrogens (tertiary/aromatic N) is 2. The van der Waals surface area contributed by atoms with E-state index < -0.39 is 0 Å². The minimum Gasteiger partial charge on any atom is -0.355 e. The number of hydrogen-bond donors (Lipinski definition) is 2. The molecule has 1 aromatic rings. The van der Waals surface area contributed by atoms with Crippen LogP contribution in [-0.4, -0.2) is 28.5 Å². The Morgan fingerprint density at radius 1 is 1.50 bits per heavy atom. The Labute approximate surface area is 109 Å². The molecule has 0 atom stereocenters. The number of hydrogen-bond acceptors (Lipinski definition) is 3. The molecule has 1 aromatic heterocycles. The minimum atomic E-state index is 0.0465. The van der Waals surface area contributed by atoms with E-state index in [4.69, 9.17) is 0 Å². The van der Waals surface area contributed by atoms with Gasteiger partial charge in [0.25, 0.3) is 0 Å². The van der Waals surface area contributed by atoms with Gasteiger partial charge in [0.1, 0.15) is 0 Å². The summed E-state index contributed by atoms with van der Waals surface area (Å²) in [5.74, 6) is 0.533. The maximum atomic E-state index is 11.5. The number of aromatic nitrogens is 2. The van der Waals surface area contributed by atoms with Gasteiger partial charge >= 0.3 is 0 Å². The Morgan fingerprint density at radius 2 is 2.28 bits per heavy atom. The number of aryl methyl sites for hydroxylation is 1. The summed E-state index contributed by atoms with van der Waals surface area (Å²) in [5, 5.41) is 6.02. The fourth-order valence-corrected chi connectivity index (χ4v) is 1.62. The van der Waals surface area contributed by atoms with Crippen molar-refractivity contribution in [2.45, 2.75) is 40.3 Å². The van der Waals surface area contributed by atoms with Crippen LogP contribution in [0.3, 0.4) is 0 Å². The molecule has 18 heavy (non-hydrogen) atoms. The number of imidazole rings is 1. The zero-order chi connectivity index (χ0) is 13.4. The lowest BCUT2D eigenvalue weighted by molar-refractivity contribution is -0.120. The van der Waals surface area contributed by atoms with E-state index in [1.54, 1.807) is 0 Å². The molecule has 0 radical (unpaired) electrons. The first kappa shape index (κ1) is 14.7. The van der Waals surface area contributed by atoms with Crippen molar-refractivity contribution in [3.8, 4) is 0 Å². The molecular formula is C13H24N4O. The van der Waals surface area contributed by atoms with Crippen molar-refractivity contribution in [2.75, 3.05) is 13.1 Å². The summed E-state index contributed by atoms with van der Waals surface area (Å²) in [6.45, 7) is 9.02. The molecule has 0 bridgehead atoms. The molecule has 2 N–H and O–H groups in total. The van der Waals surface area contributed by atoms with Gasteiger partial charge in [0.2, 0.25) is 5.91 Å². The average Bonchev–Trinajstić information content (AvgIpc) is 2.75. The minimum absolute atomic E-state index is 0.0465. The van der Waals surface area contributed by atoms with Crippen molar-refractivity contribution in [1.82, 2.24) is 20.2 Å². The summed E-state index contributed by atoms with van der Waals surface area (Å²) in [6, 6.07) is 0. The number of rotatable bonds is 8.